The Kier molecular flexibility index (Phi) is 3.99. The van der Waals surface area contributed by atoms with Crippen LogP contribution in [0.3, 0.4) is 0 Å². The number of anilines is 1. The number of amides is 1. The summed E-state index contributed by atoms with van der Waals surface area (Å²) >= 11 is 5.77. The maximum atomic E-state index is 12.1. The third kappa shape index (κ3) is 2.90. The second-order valence-electron chi connectivity index (χ2n) is 3.89. The van der Waals surface area contributed by atoms with Crippen LogP contribution in [-0.4, -0.2) is 15.5 Å². The van der Waals surface area contributed by atoms with Crippen LogP contribution in [0.4, 0.5) is 5.82 Å². The molecule has 0 saturated carbocycles. The molecule has 2 aromatic heterocycles. The highest BCUT2D eigenvalue weighted by molar-refractivity contribution is 6.29. The monoisotopic (exact) mass is 263 g/mol. The van der Waals surface area contributed by atoms with Crippen molar-refractivity contribution in [1.29, 1.82) is 0 Å². The molecule has 0 unspecified atom stereocenters. The zero-order valence-electron chi connectivity index (χ0n) is 10.1. The molecular weight excluding hydrogens is 250 g/mol. The van der Waals surface area contributed by atoms with Gasteiger partial charge in [-0.15, -0.1) is 0 Å². The average molecular weight is 264 g/mol. The van der Waals surface area contributed by atoms with Gasteiger partial charge in [0.1, 0.15) is 16.7 Å². The fourth-order valence-electron chi connectivity index (χ4n) is 1.71. The van der Waals surface area contributed by atoms with Crippen LogP contribution in [0.15, 0.2) is 36.5 Å². The molecule has 0 saturated heterocycles. The Balaban J connectivity index is 2.14. The molecule has 0 aliphatic heterocycles. The van der Waals surface area contributed by atoms with Gasteiger partial charge in [-0.2, -0.15) is 0 Å². The van der Waals surface area contributed by atoms with Crippen LogP contribution in [0.1, 0.15) is 23.8 Å². The number of pyridine rings is 1. The van der Waals surface area contributed by atoms with Gasteiger partial charge >= 0.3 is 0 Å². The largest absolute Gasteiger partial charge is 0.344 e. The summed E-state index contributed by atoms with van der Waals surface area (Å²) in [4.78, 5) is 16.1. The fraction of sp³-hybridized carbons (Fsp3) is 0.231. The van der Waals surface area contributed by atoms with Crippen molar-refractivity contribution in [3.8, 4) is 0 Å². The van der Waals surface area contributed by atoms with Crippen LogP contribution in [0.5, 0.6) is 0 Å². The van der Waals surface area contributed by atoms with Gasteiger partial charge < -0.3 is 9.88 Å². The van der Waals surface area contributed by atoms with E-state index in [0.717, 1.165) is 13.0 Å². The number of rotatable bonds is 4. The predicted octanol–water partition coefficient (Wildman–Crippen LogP) is 3.20. The van der Waals surface area contributed by atoms with Crippen molar-refractivity contribution in [3.05, 3.63) is 47.4 Å². The molecule has 1 amide bonds. The topological polar surface area (TPSA) is 46.9 Å². The minimum Gasteiger partial charge on any atom is -0.344 e. The van der Waals surface area contributed by atoms with Gasteiger partial charge in [0.15, 0.2) is 0 Å². The Hall–Kier alpha value is -1.81. The zero-order valence-corrected chi connectivity index (χ0v) is 10.8. The van der Waals surface area contributed by atoms with E-state index in [4.69, 9.17) is 11.6 Å². The van der Waals surface area contributed by atoms with E-state index in [1.165, 1.54) is 0 Å². The smallest absolute Gasteiger partial charge is 0.273 e. The molecule has 2 rings (SSSR count). The second-order valence-corrected chi connectivity index (χ2v) is 4.27. The third-order valence-corrected chi connectivity index (χ3v) is 2.69. The molecular formula is C13H14ClN3O. The van der Waals surface area contributed by atoms with E-state index in [9.17, 15) is 4.79 Å². The summed E-state index contributed by atoms with van der Waals surface area (Å²) in [6.07, 6.45) is 2.87. The van der Waals surface area contributed by atoms with Crippen LogP contribution >= 0.6 is 11.6 Å². The quantitative estimate of drug-likeness (QED) is 0.861. The Labute approximate surface area is 111 Å². The molecule has 0 spiro atoms. The number of aromatic nitrogens is 2. The van der Waals surface area contributed by atoms with Crippen molar-refractivity contribution >= 4 is 23.3 Å². The van der Waals surface area contributed by atoms with E-state index >= 15 is 0 Å². The summed E-state index contributed by atoms with van der Waals surface area (Å²) in [6.45, 7) is 2.89. The molecule has 0 aliphatic rings. The average Bonchev–Trinajstić information content (AvgIpc) is 2.78. The van der Waals surface area contributed by atoms with Crippen LogP contribution < -0.4 is 5.32 Å². The summed E-state index contributed by atoms with van der Waals surface area (Å²) in [5.74, 6) is 0.278. The van der Waals surface area contributed by atoms with Crippen molar-refractivity contribution in [2.45, 2.75) is 19.9 Å². The van der Waals surface area contributed by atoms with Crippen LogP contribution in [0.2, 0.25) is 5.15 Å². The van der Waals surface area contributed by atoms with E-state index in [0.29, 0.717) is 16.7 Å². The van der Waals surface area contributed by atoms with Crippen molar-refractivity contribution in [2.75, 3.05) is 5.32 Å². The molecule has 18 heavy (non-hydrogen) atoms. The van der Waals surface area contributed by atoms with Crippen LogP contribution in [0.25, 0.3) is 0 Å². The third-order valence-electron chi connectivity index (χ3n) is 2.48. The molecule has 5 heteroatoms. The summed E-state index contributed by atoms with van der Waals surface area (Å²) in [5.41, 5.74) is 0.624. The number of carbonyl (C=O) groups excluding carboxylic acids is 1. The fourth-order valence-corrected chi connectivity index (χ4v) is 1.88. The first-order chi connectivity index (χ1) is 8.70. The standard InChI is InChI=1S/C13H14ClN3O/c1-2-8-17-9-4-5-10(17)13(18)16-12-7-3-6-11(14)15-12/h3-7,9H,2,8H2,1H3,(H,15,16,18). The molecule has 0 aromatic carbocycles. The van der Waals surface area contributed by atoms with Crippen molar-refractivity contribution in [2.24, 2.45) is 0 Å². The van der Waals surface area contributed by atoms with Crippen LogP contribution in [0, 0.1) is 0 Å². The van der Waals surface area contributed by atoms with Crippen molar-refractivity contribution < 1.29 is 4.79 Å². The molecule has 0 radical (unpaired) electrons. The Bertz CT molecular complexity index is 551. The molecule has 2 aromatic rings. The predicted molar refractivity (Wildman–Crippen MR) is 71.9 cm³/mol. The van der Waals surface area contributed by atoms with Crippen LogP contribution in [-0.2, 0) is 6.54 Å². The summed E-state index contributed by atoms with van der Waals surface area (Å²) in [7, 11) is 0. The first kappa shape index (κ1) is 12.6. The number of nitrogens with one attached hydrogen (secondary N) is 1. The van der Waals surface area contributed by atoms with Gasteiger partial charge in [0, 0.05) is 12.7 Å². The first-order valence-corrected chi connectivity index (χ1v) is 6.17. The van der Waals surface area contributed by atoms with E-state index in [2.05, 4.69) is 17.2 Å². The first-order valence-electron chi connectivity index (χ1n) is 5.79. The van der Waals surface area contributed by atoms with Gasteiger partial charge in [0.25, 0.3) is 5.91 Å². The lowest BCUT2D eigenvalue weighted by Gasteiger charge is -2.08. The molecule has 94 valence electrons. The Morgan fingerprint density at radius 3 is 2.94 bits per heavy atom. The SMILES string of the molecule is CCCn1cccc1C(=O)Nc1cccc(Cl)n1. The molecule has 1 N–H and O–H groups in total. The normalized spacial score (nSPS) is 10.3. The Morgan fingerprint density at radius 2 is 2.22 bits per heavy atom. The van der Waals surface area contributed by atoms with E-state index in [1.54, 1.807) is 24.3 Å². The summed E-state index contributed by atoms with van der Waals surface area (Å²) in [5, 5.41) is 3.09. The molecule has 0 bridgehead atoms. The van der Waals surface area contributed by atoms with E-state index < -0.39 is 0 Å². The highest BCUT2D eigenvalue weighted by atomic mass is 35.5. The van der Waals surface area contributed by atoms with Gasteiger partial charge in [-0.05, 0) is 30.7 Å². The number of carbonyl (C=O) groups is 1. The van der Waals surface area contributed by atoms with E-state index in [-0.39, 0.29) is 5.91 Å². The number of aryl methyl sites for hydroxylation is 1. The maximum Gasteiger partial charge on any atom is 0.273 e. The zero-order chi connectivity index (χ0) is 13.0. The van der Waals surface area contributed by atoms with Crippen molar-refractivity contribution in [3.63, 3.8) is 0 Å². The summed E-state index contributed by atoms with van der Waals surface area (Å²) < 4.78 is 1.92. The maximum absolute atomic E-state index is 12.1. The van der Waals surface area contributed by atoms with Gasteiger partial charge in [-0.3, -0.25) is 4.79 Å². The van der Waals surface area contributed by atoms with Gasteiger partial charge in [-0.25, -0.2) is 4.98 Å². The highest BCUT2D eigenvalue weighted by Crippen LogP contribution is 2.11. The molecule has 0 fully saturated rings. The number of hydrogen-bond donors (Lipinski definition) is 1. The van der Waals surface area contributed by atoms with Gasteiger partial charge in [0.2, 0.25) is 0 Å². The lowest BCUT2D eigenvalue weighted by Crippen LogP contribution is -2.17. The minimum absolute atomic E-state index is 0.178. The van der Waals surface area contributed by atoms with Crippen molar-refractivity contribution in [1.82, 2.24) is 9.55 Å². The molecule has 4 nitrogen and oxygen atoms in total. The summed E-state index contributed by atoms with van der Waals surface area (Å²) in [6, 6.07) is 8.76. The number of halogens is 1. The van der Waals surface area contributed by atoms with E-state index in [1.807, 2.05) is 16.8 Å². The minimum atomic E-state index is -0.178. The number of hydrogen-bond acceptors (Lipinski definition) is 2. The van der Waals surface area contributed by atoms with Gasteiger partial charge in [-0.1, -0.05) is 24.6 Å². The second kappa shape index (κ2) is 5.69. The Morgan fingerprint density at radius 1 is 1.39 bits per heavy atom. The molecule has 2 heterocycles. The lowest BCUT2D eigenvalue weighted by molar-refractivity contribution is 0.101. The number of nitrogens with zero attached hydrogens (tertiary/aromatic N) is 2. The molecule has 0 aliphatic carbocycles. The highest BCUT2D eigenvalue weighted by Gasteiger charge is 2.11. The lowest BCUT2D eigenvalue weighted by atomic mass is 10.3. The van der Waals surface area contributed by atoms with Gasteiger partial charge in [0.05, 0.1) is 0 Å². The molecule has 0 atom stereocenters.